The molecule has 3 N–H and O–H groups in total. The molecule has 0 amide bonds. The van der Waals surface area contributed by atoms with Gasteiger partial charge in [-0.05, 0) is 66.6 Å². The van der Waals surface area contributed by atoms with Crippen LogP contribution in [-0.4, -0.2) is 22.2 Å². The number of aromatic nitrogens is 1. The molecule has 0 radical (unpaired) electrons. The van der Waals surface area contributed by atoms with Gasteiger partial charge in [0.05, 0.1) is 4.88 Å². The number of oxazole rings is 1. The Hall–Kier alpha value is -4.31. The Morgan fingerprint density at radius 1 is 1.06 bits per heavy atom. The quantitative estimate of drug-likeness (QED) is 0.248. The van der Waals surface area contributed by atoms with Gasteiger partial charge in [0.1, 0.15) is 17.8 Å². The number of hydrogen-bond donors (Lipinski definition) is 2. The van der Waals surface area contributed by atoms with E-state index in [2.05, 4.69) is 9.72 Å². The van der Waals surface area contributed by atoms with Gasteiger partial charge in [-0.2, -0.15) is 4.98 Å². The van der Waals surface area contributed by atoms with Gasteiger partial charge in [0, 0.05) is 26.8 Å². The fourth-order valence-electron chi connectivity index (χ4n) is 3.94. The van der Waals surface area contributed by atoms with Crippen LogP contribution in [0.25, 0.3) is 32.7 Å². The molecule has 2 heterocycles. The maximum absolute atomic E-state index is 13.6. The van der Waals surface area contributed by atoms with E-state index in [4.69, 9.17) is 10.2 Å². The number of benzene rings is 3. The number of halogens is 3. The van der Waals surface area contributed by atoms with E-state index in [0.29, 0.717) is 32.2 Å². The summed E-state index contributed by atoms with van der Waals surface area (Å²) in [5.41, 5.74) is 8.28. The molecule has 0 fully saturated rings. The second-order valence-electron chi connectivity index (χ2n) is 8.00. The van der Waals surface area contributed by atoms with Gasteiger partial charge in [0.25, 0.3) is 0 Å². The fraction of sp³-hybridized carbons (Fsp3) is 0.0769. The molecule has 0 saturated heterocycles. The van der Waals surface area contributed by atoms with Crippen molar-refractivity contribution < 1.29 is 32.2 Å². The number of ketones is 1. The molecule has 0 unspecified atom stereocenters. The molecule has 0 bridgehead atoms. The number of nitrogens with zero attached hydrogens (tertiary/aromatic N) is 1. The Labute approximate surface area is 206 Å². The van der Waals surface area contributed by atoms with E-state index in [1.807, 2.05) is 12.1 Å². The SMILES string of the molecule is Cc1cc(OC(F)(F)F)ccc1C(=O)c1sc2cc(O)ccc2c1-c1ccc(-c2nc(N)co2)cc1. The molecule has 0 aliphatic carbocycles. The molecule has 182 valence electrons. The Kier molecular flexibility index (Phi) is 5.68. The zero-order valence-corrected chi connectivity index (χ0v) is 19.4. The topological polar surface area (TPSA) is 98.6 Å². The highest BCUT2D eigenvalue weighted by Gasteiger charge is 2.31. The summed E-state index contributed by atoms with van der Waals surface area (Å²) in [6.07, 6.45) is -3.49. The molecule has 0 saturated carbocycles. The number of phenolic OH excluding ortho intramolecular Hbond substituents is 1. The summed E-state index contributed by atoms with van der Waals surface area (Å²) >= 11 is 1.19. The third kappa shape index (κ3) is 4.50. The lowest BCUT2D eigenvalue weighted by molar-refractivity contribution is -0.274. The van der Waals surface area contributed by atoms with Crippen molar-refractivity contribution in [1.29, 1.82) is 0 Å². The van der Waals surface area contributed by atoms with Crippen LogP contribution in [0.4, 0.5) is 19.0 Å². The lowest BCUT2D eigenvalue weighted by atomic mass is 9.95. The molecule has 6 nitrogen and oxygen atoms in total. The number of nitrogen functional groups attached to an aromatic ring is 1. The largest absolute Gasteiger partial charge is 0.573 e. The van der Waals surface area contributed by atoms with Crippen LogP contribution in [-0.2, 0) is 0 Å². The number of aromatic hydroxyl groups is 1. The number of anilines is 1. The van der Waals surface area contributed by atoms with Gasteiger partial charge in [0.15, 0.2) is 5.82 Å². The van der Waals surface area contributed by atoms with E-state index in [9.17, 15) is 23.1 Å². The zero-order valence-electron chi connectivity index (χ0n) is 18.6. The maximum Gasteiger partial charge on any atom is 0.573 e. The summed E-state index contributed by atoms with van der Waals surface area (Å²) in [6, 6.07) is 15.6. The third-order valence-electron chi connectivity index (χ3n) is 5.50. The smallest absolute Gasteiger partial charge is 0.508 e. The third-order valence-corrected chi connectivity index (χ3v) is 6.65. The van der Waals surface area contributed by atoms with E-state index in [1.165, 1.54) is 35.8 Å². The van der Waals surface area contributed by atoms with E-state index >= 15 is 0 Å². The van der Waals surface area contributed by atoms with Gasteiger partial charge >= 0.3 is 6.36 Å². The van der Waals surface area contributed by atoms with Crippen LogP contribution in [0.1, 0.15) is 20.8 Å². The van der Waals surface area contributed by atoms with Gasteiger partial charge in [-0.1, -0.05) is 12.1 Å². The first-order chi connectivity index (χ1) is 17.1. The number of hydrogen-bond acceptors (Lipinski definition) is 7. The normalized spacial score (nSPS) is 11.7. The predicted octanol–water partition coefficient (Wildman–Crippen LogP) is 6.95. The number of phenols is 1. The van der Waals surface area contributed by atoms with E-state index in [1.54, 1.807) is 31.2 Å². The van der Waals surface area contributed by atoms with Gasteiger partial charge in [0.2, 0.25) is 11.7 Å². The molecule has 3 aromatic carbocycles. The van der Waals surface area contributed by atoms with Crippen LogP contribution in [0.5, 0.6) is 11.5 Å². The summed E-state index contributed by atoms with van der Waals surface area (Å²) in [7, 11) is 0. The molecule has 10 heteroatoms. The summed E-state index contributed by atoms with van der Waals surface area (Å²) in [6.45, 7) is 1.55. The predicted molar refractivity (Wildman–Crippen MR) is 130 cm³/mol. The summed E-state index contributed by atoms with van der Waals surface area (Å²) in [5, 5.41) is 10.7. The number of thiophene rings is 1. The monoisotopic (exact) mass is 510 g/mol. The molecular formula is C26H17F3N2O4S. The van der Waals surface area contributed by atoms with Crippen LogP contribution in [0, 0.1) is 6.92 Å². The van der Waals surface area contributed by atoms with Crippen LogP contribution in [0.3, 0.4) is 0 Å². The molecule has 0 aliphatic rings. The number of carbonyl (C=O) groups excluding carboxylic acids is 1. The molecule has 0 spiro atoms. The average molecular weight is 510 g/mol. The van der Waals surface area contributed by atoms with Crippen molar-refractivity contribution in [1.82, 2.24) is 4.98 Å². The summed E-state index contributed by atoms with van der Waals surface area (Å²) < 4.78 is 47.8. The molecule has 5 aromatic rings. The summed E-state index contributed by atoms with van der Waals surface area (Å²) in [5.74, 6) is -0.0945. The number of nitrogens with two attached hydrogens (primary N) is 1. The van der Waals surface area contributed by atoms with Gasteiger partial charge in [-0.3, -0.25) is 4.79 Å². The van der Waals surface area contributed by atoms with Crippen LogP contribution in [0.15, 0.2) is 71.3 Å². The maximum atomic E-state index is 13.6. The van der Waals surface area contributed by atoms with Crippen molar-refractivity contribution >= 4 is 33.0 Å². The van der Waals surface area contributed by atoms with Crippen molar-refractivity contribution in [2.75, 3.05) is 5.73 Å². The van der Waals surface area contributed by atoms with Crippen molar-refractivity contribution in [3.63, 3.8) is 0 Å². The number of aryl methyl sites for hydroxylation is 1. The highest BCUT2D eigenvalue weighted by molar-refractivity contribution is 7.21. The first kappa shape index (κ1) is 23.4. The Bertz CT molecular complexity index is 1600. The first-order valence-electron chi connectivity index (χ1n) is 10.6. The van der Waals surface area contributed by atoms with Crippen molar-refractivity contribution in [2.24, 2.45) is 0 Å². The minimum atomic E-state index is -4.83. The van der Waals surface area contributed by atoms with Crippen LogP contribution >= 0.6 is 11.3 Å². The molecule has 5 rings (SSSR count). The standard InChI is InChI=1S/C26H17F3N2O4S/c1-13-10-17(35-26(27,28)29)7-9-18(13)23(33)24-22(19-8-6-16(32)11-20(19)36-24)14-2-4-15(5-3-14)25-31-21(30)12-34-25/h2-12,32H,30H2,1H3. The molecule has 2 aromatic heterocycles. The summed E-state index contributed by atoms with van der Waals surface area (Å²) in [4.78, 5) is 18.1. The number of rotatable bonds is 5. The zero-order chi connectivity index (χ0) is 25.6. The lowest BCUT2D eigenvalue weighted by Crippen LogP contribution is -2.17. The van der Waals surface area contributed by atoms with Crippen LogP contribution in [0.2, 0.25) is 0 Å². The van der Waals surface area contributed by atoms with E-state index in [0.717, 1.165) is 17.0 Å². The molecule has 36 heavy (non-hydrogen) atoms. The molecule has 0 atom stereocenters. The van der Waals surface area contributed by atoms with Crippen molar-refractivity contribution in [3.05, 3.63) is 82.9 Å². The second-order valence-corrected chi connectivity index (χ2v) is 9.05. The average Bonchev–Trinajstić information content (AvgIpc) is 3.41. The minimum absolute atomic E-state index is 0.0518. The second kappa shape index (κ2) is 8.72. The number of alkyl halides is 3. The van der Waals surface area contributed by atoms with Crippen molar-refractivity contribution in [2.45, 2.75) is 13.3 Å². The minimum Gasteiger partial charge on any atom is -0.508 e. The van der Waals surface area contributed by atoms with Gasteiger partial charge in [-0.15, -0.1) is 24.5 Å². The number of carbonyl (C=O) groups is 1. The number of ether oxygens (including phenoxy) is 1. The van der Waals surface area contributed by atoms with E-state index in [-0.39, 0.29) is 22.9 Å². The van der Waals surface area contributed by atoms with E-state index < -0.39 is 12.1 Å². The fourth-order valence-corrected chi connectivity index (χ4v) is 5.15. The Morgan fingerprint density at radius 2 is 1.78 bits per heavy atom. The Balaban J connectivity index is 1.60. The van der Waals surface area contributed by atoms with Crippen molar-refractivity contribution in [3.8, 4) is 34.1 Å². The molecule has 0 aliphatic heterocycles. The highest BCUT2D eigenvalue weighted by Crippen LogP contribution is 2.42. The number of fused-ring (bicyclic) bond motifs is 1. The van der Waals surface area contributed by atoms with Gasteiger partial charge in [-0.25, -0.2) is 0 Å². The van der Waals surface area contributed by atoms with Crippen LogP contribution < -0.4 is 10.5 Å². The Morgan fingerprint density at radius 3 is 2.42 bits per heavy atom. The lowest BCUT2D eigenvalue weighted by Gasteiger charge is -2.12. The van der Waals surface area contributed by atoms with Gasteiger partial charge < -0.3 is 20.0 Å². The molecular weight excluding hydrogens is 493 g/mol. The highest BCUT2D eigenvalue weighted by atomic mass is 32.1. The first-order valence-corrected chi connectivity index (χ1v) is 11.4.